The average molecular weight is 391 g/mol. The molecule has 28 heavy (non-hydrogen) atoms. The fraction of sp³-hybridized carbons (Fsp3) is 0.0952. The maximum Gasteiger partial charge on any atom is 0.259 e. The minimum Gasteiger partial charge on any atom is -0.463 e. The van der Waals surface area contributed by atoms with Crippen molar-refractivity contribution in [2.45, 2.75) is 11.8 Å². The van der Waals surface area contributed by atoms with Gasteiger partial charge in [0, 0.05) is 10.6 Å². The molecule has 0 bridgehead atoms. The first-order valence-electron chi connectivity index (χ1n) is 8.62. The van der Waals surface area contributed by atoms with Crippen LogP contribution in [0, 0.1) is 6.92 Å². The van der Waals surface area contributed by atoms with E-state index in [1.54, 1.807) is 43.1 Å². The van der Waals surface area contributed by atoms with E-state index in [-0.39, 0.29) is 5.91 Å². The molecule has 3 heterocycles. The molecule has 0 atom stereocenters. The molecular weight excluding hydrogens is 374 g/mol. The molecule has 4 rings (SSSR count). The Morgan fingerprint density at radius 2 is 2.14 bits per heavy atom. The highest BCUT2D eigenvalue weighted by molar-refractivity contribution is 7.99. The minimum atomic E-state index is -0.266. The molecule has 3 aromatic heterocycles. The van der Waals surface area contributed by atoms with Gasteiger partial charge in [0.2, 0.25) is 0 Å². The predicted octanol–water partition coefficient (Wildman–Crippen LogP) is 5.32. The highest BCUT2D eigenvalue weighted by Crippen LogP contribution is 2.30. The van der Waals surface area contributed by atoms with E-state index < -0.39 is 0 Å². The zero-order chi connectivity index (χ0) is 19.5. The van der Waals surface area contributed by atoms with Crippen LogP contribution in [-0.2, 0) is 0 Å². The minimum absolute atomic E-state index is 0.266. The summed E-state index contributed by atoms with van der Waals surface area (Å²) in [5, 5.41) is 7.55. The summed E-state index contributed by atoms with van der Waals surface area (Å²) in [4.78, 5) is 18.6. The number of hydrogen-bond donors (Lipinski definition) is 1. The molecule has 0 spiro atoms. The van der Waals surface area contributed by atoms with E-state index in [0.717, 1.165) is 16.3 Å². The second-order valence-electron chi connectivity index (χ2n) is 6.03. The van der Waals surface area contributed by atoms with Gasteiger partial charge in [-0.15, -0.1) is 18.3 Å². The second-order valence-corrected chi connectivity index (χ2v) is 7.09. The normalized spacial score (nSPS) is 10.9. The van der Waals surface area contributed by atoms with Crippen molar-refractivity contribution in [3.63, 3.8) is 0 Å². The van der Waals surface area contributed by atoms with Gasteiger partial charge in [-0.05, 0) is 37.3 Å². The lowest BCUT2D eigenvalue weighted by Gasteiger charge is -2.11. The van der Waals surface area contributed by atoms with E-state index in [9.17, 15) is 4.79 Å². The number of carbonyl (C=O) groups excluding carboxylic acids is 1. The average Bonchev–Trinajstić information content (AvgIpc) is 3.37. The van der Waals surface area contributed by atoms with Crippen molar-refractivity contribution in [3.05, 3.63) is 72.6 Å². The van der Waals surface area contributed by atoms with E-state index >= 15 is 0 Å². The third-order valence-electron chi connectivity index (χ3n) is 4.13. The highest BCUT2D eigenvalue weighted by Gasteiger charge is 2.21. The number of carbonyl (C=O) groups is 1. The van der Waals surface area contributed by atoms with Gasteiger partial charge >= 0.3 is 0 Å². The fourth-order valence-corrected chi connectivity index (χ4v) is 3.61. The molecule has 6 nitrogen and oxygen atoms in total. The molecule has 1 amide bonds. The lowest BCUT2D eigenvalue weighted by Crippen LogP contribution is -2.13. The largest absolute Gasteiger partial charge is 0.463 e. The van der Waals surface area contributed by atoms with Gasteiger partial charge in [-0.25, -0.2) is 4.98 Å². The zero-order valence-corrected chi connectivity index (χ0v) is 16.0. The first-order chi connectivity index (χ1) is 13.7. The number of anilines is 1. The monoisotopic (exact) mass is 391 g/mol. The van der Waals surface area contributed by atoms with Gasteiger partial charge in [0.25, 0.3) is 11.6 Å². The molecule has 0 radical (unpaired) electrons. The van der Waals surface area contributed by atoms with E-state index in [2.05, 4.69) is 22.0 Å². The topological polar surface area (TPSA) is 81.2 Å². The number of nitrogens with zero attached hydrogens (tertiary/aromatic N) is 2. The molecule has 1 aromatic carbocycles. The van der Waals surface area contributed by atoms with Gasteiger partial charge in [-0.1, -0.05) is 23.4 Å². The Morgan fingerprint density at radius 1 is 1.29 bits per heavy atom. The number of amides is 1. The van der Waals surface area contributed by atoms with Crippen molar-refractivity contribution < 1.29 is 13.7 Å². The number of para-hydroxylation sites is 1. The summed E-state index contributed by atoms with van der Waals surface area (Å²) in [5.74, 6) is 1.03. The van der Waals surface area contributed by atoms with E-state index in [4.69, 9.17) is 8.94 Å². The number of thioether (sulfide) groups is 1. The standard InChI is InChI=1S/C21H17N3O3S/c1-3-11-28-18-9-5-4-7-15(18)22-20(25)14-12-16(17-8-6-10-26-17)23-21-19(14)13(2)24-27-21/h3-10,12H,1,11H2,2H3,(H,22,25). The summed E-state index contributed by atoms with van der Waals surface area (Å²) in [6, 6.07) is 12.9. The molecule has 0 aliphatic rings. The second kappa shape index (κ2) is 7.74. The smallest absolute Gasteiger partial charge is 0.259 e. The third kappa shape index (κ3) is 3.44. The Morgan fingerprint density at radius 3 is 2.93 bits per heavy atom. The molecule has 0 fully saturated rings. The number of aromatic nitrogens is 2. The van der Waals surface area contributed by atoms with E-state index in [0.29, 0.717) is 33.8 Å². The SMILES string of the molecule is C=CCSc1ccccc1NC(=O)c1cc(-c2ccco2)nc2onc(C)c12. The fourth-order valence-electron chi connectivity index (χ4n) is 2.86. The number of rotatable bonds is 6. The summed E-state index contributed by atoms with van der Waals surface area (Å²) in [5.41, 5.74) is 2.57. The first-order valence-corrected chi connectivity index (χ1v) is 9.61. The number of nitrogens with one attached hydrogen (secondary N) is 1. The number of furan rings is 1. The number of benzene rings is 1. The Kier molecular flexibility index (Phi) is 4.99. The number of fused-ring (bicyclic) bond motifs is 1. The summed E-state index contributed by atoms with van der Waals surface area (Å²) < 4.78 is 10.7. The van der Waals surface area contributed by atoms with E-state index in [1.165, 1.54) is 0 Å². The van der Waals surface area contributed by atoms with Crippen molar-refractivity contribution in [2.24, 2.45) is 0 Å². The van der Waals surface area contributed by atoms with Crippen LogP contribution in [0.5, 0.6) is 0 Å². The number of hydrogen-bond acceptors (Lipinski definition) is 6. The van der Waals surface area contributed by atoms with Crippen LogP contribution in [0.15, 0.2) is 75.2 Å². The zero-order valence-electron chi connectivity index (χ0n) is 15.1. The van der Waals surface area contributed by atoms with Crippen LogP contribution >= 0.6 is 11.8 Å². The maximum atomic E-state index is 13.2. The molecule has 0 unspecified atom stereocenters. The molecule has 0 saturated heterocycles. The number of pyridine rings is 1. The molecule has 1 N–H and O–H groups in total. The summed E-state index contributed by atoms with van der Waals surface area (Å²) in [6.45, 7) is 5.53. The Hall–Kier alpha value is -3.32. The summed E-state index contributed by atoms with van der Waals surface area (Å²) in [7, 11) is 0. The lowest BCUT2D eigenvalue weighted by molar-refractivity contribution is 0.102. The van der Waals surface area contributed by atoms with Crippen molar-refractivity contribution in [2.75, 3.05) is 11.1 Å². The number of aryl methyl sites for hydroxylation is 1. The highest BCUT2D eigenvalue weighted by atomic mass is 32.2. The van der Waals surface area contributed by atoms with Crippen molar-refractivity contribution >= 4 is 34.5 Å². The molecule has 0 aliphatic heterocycles. The Balaban J connectivity index is 1.75. The van der Waals surface area contributed by atoms with Crippen molar-refractivity contribution in [1.82, 2.24) is 10.1 Å². The first kappa shape index (κ1) is 18.1. The maximum absolute atomic E-state index is 13.2. The third-order valence-corrected chi connectivity index (χ3v) is 5.20. The van der Waals surface area contributed by atoms with Crippen molar-refractivity contribution in [3.8, 4) is 11.5 Å². The van der Waals surface area contributed by atoms with Gasteiger partial charge in [-0.3, -0.25) is 4.79 Å². The van der Waals surface area contributed by atoms with Crippen LogP contribution in [0.3, 0.4) is 0 Å². The van der Waals surface area contributed by atoms with Crippen LogP contribution in [0.25, 0.3) is 22.6 Å². The molecule has 7 heteroatoms. The lowest BCUT2D eigenvalue weighted by atomic mass is 10.1. The quantitative estimate of drug-likeness (QED) is 0.354. The van der Waals surface area contributed by atoms with Gasteiger partial charge in [0.15, 0.2) is 5.76 Å². The molecule has 0 saturated carbocycles. The van der Waals surface area contributed by atoms with Gasteiger partial charge in [0.1, 0.15) is 5.69 Å². The van der Waals surface area contributed by atoms with E-state index in [1.807, 2.05) is 30.3 Å². The molecule has 4 aromatic rings. The van der Waals surface area contributed by atoms with Gasteiger partial charge in [0.05, 0.1) is 28.6 Å². The van der Waals surface area contributed by atoms with Crippen LogP contribution in [0.4, 0.5) is 5.69 Å². The van der Waals surface area contributed by atoms with Crippen LogP contribution < -0.4 is 5.32 Å². The van der Waals surface area contributed by atoms with Crippen LogP contribution in [0.1, 0.15) is 16.1 Å². The molecule has 0 aliphatic carbocycles. The summed E-state index contributed by atoms with van der Waals surface area (Å²) >= 11 is 1.60. The van der Waals surface area contributed by atoms with Crippen LogP contribution in [-0.4, -0.2) is 21.8 Å². The van der Waals surface area contributed by atoms with Crippen LogP contribution in [0.2, 0.25) is 0 Å². The Labute approximate surface area is 165 Å². The van der Waals surface area contributed by atoms with Crippen molar-refractivity contribution in [1.29, 1.82) is 0 Å². The van der Waals surface area contributed by atoms with Gasteiger partial charge in [-0.2, -0.15) is 0 Å². The molecular formula is C21H17N3O3S. The Bertz CT molecular complexity index is 1150. The van der Waals surface area contributed by atoms with Gasteiger partial charge < -0.3 is 14.3 Å². The molecule has 140 valence electrons. The summed E-state index contributed by atoms with van der Waals surface area (Å²) in [6.07, 6.45) is 3.38. The predicted molar refractivity (Wildman–Crippen MR) is 110 cm³/mol.